The summed E-state index contributed by atoms with van der Waals surface area (Å²) in [6.45, 7) is 6.90. The first-order valence-corrected chi connectivity index (χ1v) is 8.40. The molecule has 1 aliphatic rings. The molecule has 2 aromatic rings. The van der Waals surface area contributed by atoms with Gasteiger partial charge in [0, 0.05) is 57.6 Å². The van der Waals surface area contributed by atoms with Crippen molar-refractivity contribution in [2.75, 3.05) is 18.0 Å². The molecule has 3 heterocycles. The minimum atomic E-state index is 0.0412. The largest absolute Gasteiger partial charge is 0.337 e. The van der Waals surface area contributed by atoms with E-state index in [0.29, 0.717) is 6.54 Å². The third-order valence-corrected chi connectivity index (χ3v) is 4.95. The zero-order chi connectivity index (χ0) is 15.7. The summed E-state index contributed by atoms with van der Waals surface area (Å²) in [6.07, 6.45) is 2.92. The molecule has 0 fully saturated rings. The van der Waals surface area contributed by atoms with Crippen LogP contribution in [0, 0.1) is 0 Å². The molecule has 0 N–H and O–H groups in total. The Hall–Kier alpha value is -1.73. The summed E-state index contributed by atoms with van der Waals surface area (Å²) < 4.78 is 2.11. The number of hydrogen-bond donors (Lipinski definition) is 0. The number of carbonyl (C=O) groups is 1. The molecule has 3 rings (SSSR count). The summed E-state index contributed by atoms with van der Waals surface area (Å²) in [5.41, 5.74) is 3.53. The Morgan fingerprint density at radius 3 is 3.05 bits per heavy atom. The number of nitrogens with zero attached hydrogens (tertiary/aromatic N) is 5. The molecule has 0 radical (unpaired) electrons. The van der Waals surface area contributed by atoms with E-state index in [4.69, 9.17) is 0 Å². The smallest absolute Gasteiger partial charge is 0.225 e. The molecule has 1 aliphatic heterocycles. The zero-order valence-electron chi connectivity index (χ0n) is 13.2. The van der Waals surface area contributed by atoms with Gasteiger partial charge in [-0.25, -0.2) is 9.97 Å². The fraction of sp³-hybridized carbons (Fsp3) is 0.533. The first kappa shape index (κ1) is 15.2. The van der Waals surface area contributed by atoms with Crippen molar-refractivity contribution >= 4 is 22.4 Å². The van der Waals surface area contributed by atoms with Crippen molar-refractivity contribution in [3.63, 3.8) is 0 Å². The van der Waals surface area contributed by atoms with Gasteiger partial charge in [-0.3, -0.25) is 14.6 Å². The van der Waals surface area contributed by atoms with Gasteiger partial charge >= 0.3 is 0 Å². The van der Waals surface area contributed by atoms with Gasteiger partial charge in [-0.2, -0.15) is 0 Å². The van der Waals surface area contributed by atoms with Crippen LogP contribution in [0.1, 0.15) is 30.9 Å². The number of aryl methyl sites for hydroxylation is 1. The average Bonchev–Trinajstić information content (AvgIpc) is 3.07. The van der Waals surface area contributed by atoms with Gasteiger partial charge in [-0.05, 0) is 6.92 Å². The van der Waals surface area contributed by atoms with Crippen LogP contribution in [0.15, 0.2) is 11.7 Å². The summed E-state index contributed by atoms with van der Waals surface area (Å²) in [7, 11) is 2.05. The van der Waals surface area contributed by atoms with E-state index in [2.05, 4.69) is 31.9 Å². The molecule has 0 unspecified atom stereocenters. The van der Waals surface area contributed by atoms with Gasteiger partial charge in [0.15, 0.2) is 5.13 Å². The zero-order valence-corrected chi connectivity index (χ0v) is 14.1. The highest BCUT2D eigenvalue weighted by atomic mass is 32.1. The number of thiazole rings is 1. The Bertz CT molecular complexity index is 677. The van der Waals surface area contributed by atoms with Crippen molar-refractivity contribution in [1.29, 1.82) is 0 Å². The van der Waals surface area contributed by atoms with Gasteiger partial charge in [0.2, 0.25) is 5.91 Å². The second-order valence-electron chi connectivity index (χ2n) is 5.59. The number of rotatable bonds is 4. The number of amides is 1. The molecule has 0 atom stereocenters. The lowest BCUT2D eigenvalue weighted by Gasteiger charge is -2.25. The normalized spacial score (nSPS) is 14.9. The predicted molar refractivity (Wildman–Crippen MR) is 86.8 cm³/mol. The summed E-state index contributed by atoms with van der Waals surface area (Å²) >= 11 is 1.54. The Morgan fingerprint density at radius 2 is 2.32 bits per heavy atom. The molecular formula is C15H21N5OS. The maximum absolute atomic E-state index is 11.6. The lowest BCUT2D eigenvalue weighted by molar-refractivity contribution is -0.116. The van der Waals surface area contributed by atoms with Crippen LogP contribution in [0.2, 0.25) is 0 Å². The van der Waals surface area contributed by atoms with E-state index in [1.54, 1.807) is 11.8 Å². The van der Waals surface area contributed by atoms with Crippen molar-refractivity contribution in [3.8, 4) is 0 Å². The summed E-state index contributed by atoms with van der Waals surface area (Å²) in [4.78, 5) is 24.7. The number of fused-ring (bicyclic) bond motifs is 1. The van der Waals surface area contributed by atoms with Gasteiger partial charge in [0.05, 0.1) is 17.7 Å². The molecule has 0 saturated carbocycles. The van der Waals surface area contributed by atoms with Crippen LogP contribution < -0.4 is 4.90 Å². The van der Waals surface area contributed by atoms with Gasteiger partial charge in [0.1, 0.15) is 0 Å². The summed E-state index contributed by atoms with van der Waals surface area (Å²) in [5.74, 6) is 0.0412. The minimum Gasteiger partial charge on any atom is -0.337 e. The first-order valence-electron chi connectivity index (χ1n) is 7.52. The Morgan fingerprint density at radius 1 is 1.50 bits per heavy atom. The van der Waals surface area contributed by atoms with Crippen molar-refractivity contribution in [3.05, 3.63) is 28.8 Å². The van der Waals surface area contributed by atoms with Gasteiger partial charge < -0.3 is 4.57 Å². The molecule has 2 aromatic heterocycles. The van der Waals surface area contributed by atoms with Crippen LogP contribution in [0.4, 0.5) is 5.13 Å². The van der Waals surface area contributed by atoms with E-state index in [1.807, 2.05) is 13.3 Å². The van der Waals surface area contributed by atoms with Crippen molar-refractivity contribution < 1.29 is 4.79 Å². The second kappa shape index (κ2) is 6.18. The van der Waals surface area contributed by atoms with E-state index in [1.165, 1.54) is 22.7 Å². The Balaban J connectivity index is 1.67. The number of anilines is 1. The topological polar surface area (TPSA) is 54.3 Å². The monoisotopic (exact) mass is 319 g/mol. The molecule has 0 bridgehead atoms. The van der Waals surface area contributed by atoms with Gasteiger partial charge in [0.25, 0.3) is 0 Å². The van der Waals surface area contributed by atoms with E-state index >= 15 is 0 Å². The maximum Gasteiger partial charge on any atom is 0.225 e. The van der Waals surface area contributed by atoms with E-state index in [0.717, 1.165) is 36.9 Å². The molecule has 1 amide bonds. The van der Waals surface area contributed by atoms with E-state index in [-0.39, 0.29) is 5.91 Å². The number of carbonyl (C=O) groups excluding carboxylic acids is 1. The van der Waals surface area contributed by atoms with Crippen LogP contribution in [0.3, 0.4) is 0 Å². The molecule has 6 nitrogen and oxygen atoms in total. The molecule has 0 saturated heterocycles. The first-order chi connectivity index (χ1) is 10.6. The highest BCUT2D eigenvalue weighted by molar-refractivity contribution is 7.14. The number of hydrogen-bond acceptors (Lipinski definition) is 5. The van der Waals surface area contributed by atoms with Gasteiger partial charge in [-0.15, -0.1) is 11.3 Å². The molecule has 0 spiro atoms. The molecule has 7 heteroatoms. The highest BCUT2D eigenvalue weighted by Crippen LogP contribution is 2.23. The molecule has 0 aromatic carbocycles. The standard InChI is InChI=1S/C15H21N5OS/c1-4-20(11(2)21)15-17-12(9-22-15)7-19-6-5-14-13(8-19)16-10-18(14)3/h9-10H,4-8H2,1-3H3. The SMILES string of the molecule is CCN(C(C)=O)c1nc(CN2CCc3c(ncn3C)C2)cs1. The van der Waals surface area contributed by atoms with Crippen molar-refractivity contribution in [2.45, 2.75) is 33.4 Å². The van der Waals surface area contributed by atoms with Crippen LogP contribution in [-0.2, 0) is 31.4 Å². The maximum atomic E-state index is 11.6. The third-order valence-electron chi connectivity index (χ3n) is 4.04. The third kappa shape index (κ3) is 2.91. The minimum absolute atomic E-state index is 0.0412. The average molecular weight is 319 g/mol. The number of imidazole rings is 1. The van der Waals surface area contributed by atoms with E-state index in [9.17, 15) is 4.79 Å². The van der Waals surface area contributed by atoms with Crippen LogP contribution in [0.25, 0.3) is 0 Å². The number of aromatic nitrogens is 3. The quantitative estimate of drug-likeness (QED) is 0.862. The predicted octanol–water partition coefficient (Wildman–Crippen LogP) is 1.81. The van der Waals surface area contributed by atoms with Gasteiger partial charge in [-0.1, -0.05) is 0 Å². The van der Waals surface area contributed by atoms with Crippen molar-refractivity contribution in [1.82, 2.24) is 19.4 Å². The van der Waals surface area contributed by atoms with Crippen molar-refractivity contribution in [2.24, 2.45) is 7.05 Å². The second-order valence-corrected chi connectivity index (χ2v) is 6.43. The van der Waals surface area contributed by atoms with Crippen LogP contribution in [0.5, 0.6) is 0 Å². The van der Waals surface area contributed by atoms with Crippen LogP contribution in [-0.4, -0.2) is 38.4 Å². The molecule has 118 valence electrons. The molecule has 0 aliphatic carbocycles. The Labute approximate surface area is 134 Å². The highest BCUT2D eigenvalue weighted by Gasteiger charge is 2.21. The fourth-order valence-corrected chi connectivity index (χ4v) is 3.78. The Kier molecular flexibility index (Phi) is 4.26. The molecule has 22 heavy (non-hydrogen) atoms. The lowest BCUT2D eigenvalue weighted by Crippen LogP contribution is -2.31. The van der Waals surface area contributed by atoms with E-state index < -0.39 is 0 Å². The van der Waals surface area contributed by atoms with Crippen LogP contribution >= 0.6 is 11.3 Å². The summed E-state index contributed by atoms with van der Waals surface area (Å²) in [6, 6.07) is 0. The lowest BCUT2D eigenvalue weighted by atomic mass is 10.1. The molecular weight excluding hydrogens is 298 g/mol. The fourth-order valence-electron chi connectivity index (χ4n) is 2.86. The summed E-state index contributed by atoms with van der Waals surface area (Å²) in [5, 5.41) is 2.84.